The molecule has 3 rings (SSSR count). The second-order valence-corrected chi connectivity index (χ2v) is 5.31. The molecule has 1 heterocycles. The van der Waals surface area contributed by atoms with Crippen molar-refractivity contribution in [3.63, 3.8) is 0 Å². The topological polar surface area (TPSA) is 59.3 Å². The van der Waals surface area contributed by atoms with Gasteiger partial charge in [0.1, 0.15) is 18.0 Å². The standard InChI is InChI=1S/C15H12ClNO3/c1-19-12-3-2-4-13-15(12,8-17)14(18)10-7-9(16)5-6-11(10)20-13/h2-3,5-7,12-13H,4H2,1H3/t12-,13+,15-/m1/s1. The molecule has 4 nitrogen and oxygen atoms in total. The Morgan fingerprint density at radius 2 is 2.35 bits per heavy atom. The van der Waals surface area contributed by atoms with Crippen LogP contribution in [0.2, 0.25) is 5.02 Å². The smallest absolute Gasteiger partial charge is 0.193 e. The first-order valence-corrected chi connectivity index (χ1v) is 6.63. The van der Waals surface area contributed by atoms with Crippen LogP contribution < -0.4 is 4.74 Å². The number of hydrogen-bond acceptors (Lipinski definition) is 4. The summed E-state index contributed by atoms with van der Waals surface area (Å²) in [6.45, 7) is 0. The molecule has 1 aliphatic carbocycles. The molecule has 0 N–H and O–H groups in total. The number of Topliss-reactive ketones (excluding diaryl/α,β-unsaturated/α-hetero) is 1. The van der Waals surface area contributed by atoms with E-state index in [1.165, 1.54) is 7.11 Å². The molecule has 0 saturated carbocycles. The Kier molecular flexibility index (Phi) is 3.04. The normalized spacial score (nSPS) is 30.9. The lowest BCUT2D eigenvalue weighted by atomic mass is 9.67. The maximum absolute atomic E-state index is 12.9. The van der Waals surface area contributed by atoms with E-state index in [0.29, 0.717) is 22.8 Å². The molecule has 20 heavy (non-hydrogen) atoms. The maximum atomic E-state index is 12.9. The summed E-state index contributed by atoms with van der Waals surface area (Å²) < 4.78 is 11.2. The number of halogens is 1. The Morgan fingerprint density at radius 1 is 1.55 bits per heavy atom. The molecule has 1 aromatic rings. The van der Waals surface area contributed by atoms with Crippen molar-refractivity contribution < 1.29 is 14.3 Å². The minimum atomic E-state index is -1.35. The number of carbonyl (C=O) groups excluding carboxylic acids is 1. The van der Waals surface area contributed by atoms with Crippen LogP contribution in [0.5, 0.6) is 5.75 Å². The molecule has 0 spiro atoms. The number of ether oxygens (including phenoxy) is 2. The second-order valence-electron chi connectivity index (χ2n) is 4.88. The van der Waals surface area contributed by atoms with Gasteiger partial charge in [-0.15, -0.1) is 0 Å². The molecular formula is C15H12ClNO3. The molecule has 0 fully saturated rings. The van der Waals surface area contributed by atoms with Crippen LogP contribution in [0.15, 0.2) is 30.4 Å². The number of nitrogens with zero attached hydrogens (tertiary/aromatic N) is 1. The molecular weight excluding hydrogens is 278 g/mol. The third-order valence-electron chi connectivity index (χ3n) is 3.89. The van der Waals surface area contributed by atoms with E-state index in [1.54, 1.807) is 24.3 Å². The van der Waals surface area contributed by atoms with E-state index in [9.17, 15) is 10.1 Å². The maximum Gasteiger partial charge on any atom is 0.193 e. The van der Waals surface area contributed by atoms with Gasteiger partial charge in [0, 0.05) is 18.6 Å². The van der Waals surface area contributed by atoms with Crippen molar-refractivity contribution >= 4 is 17.4 Å². The predicted molar refractivity (Wildman–Crippen MR) is 72.8 cm³/mol. The van der Waals surface area contributed by atoms with Crippen molar-refractivity contribution in [1.29, 1.82) is 5.26 Å². The van der Waals surface area contributed by atoms with Crippen LogP contribution in [0.3, 0.4) is 0 Å². The van der Waals surface area contributed by atoms with Crippen LogP contribution in [0.4, 0.5) is 0 Å². The van der Waals surface area contributed by atoms with Gasteiger partial charge in [0.2, 0.25) is 0 Å². The molecule has 2 aliphatic rings. The Bertz CT molecular complexity index is 649. The van der Waals surface area contributed by atoms with Crippen LogP contribution >= 0.6 is 11.6 Å². The van der Waals surface area contributed by atoms with Gasteiger partial charge < -0.3 is 9.47 Å². The van der Waals surface area contributed by atoms with Gasteiger partial charge in [0.15, 0.2) is 11.2 Å². The number of hydrogen-bond donors (Lipinski definition) is 0. The molecule has 0 unspecified atom stereocenters. The Labute approximate surface area is 121 Å². The van der Waals surface area contributed by atoms with Gasteiger partial charge in [0.05, 0.1) is 11.6 Å². The van der Waals surface area contributed by atoms with E-state index in [1.807, 2.05) is 6.08 Å². The lowest BCUT2D eigenvalue weighted by molar-refractivity contribution is -0.0211. The van der Waals surface area contributed by atoms with E-state index in [-0.39, 0.29) is 5.78 Å². The number of benzene rings is 1. The number of ketones is 1. The first kappa shape index (κ1) is 13.2. The quantitative estimate of drug-likeness (QED) is 0.746. The zero-order valence-electron chi connectivity index (χ0n) is 10.8. The predicted octanol–water partition coefficient (Wildman–Crippen LogP) is 2.77. The highest BCUT2D eigenvalue weighted by atomic mass is 35.5. The fourth-order valence-corrected chi connectivity index (χ4v) is 3.04. The average molecular weight is 290 g/mol. The molecule has 102 valence electrons. The number of carbonyl (C=O) groups is 1. The van der Waals surface area contributed by atoms with Crippen LogP contribution in [-0.2, 0) is 4.74 Å². The van der Waals surface area contributed by atoms with Gasteiger partial charge in [-0.2, -0.15) is 5.26 Å². The highest BCUT2D eigenvalue weighted by Crippen LogP contribution is 2.46. The molecule has 5 heteroatoms. The van der Waals surface area contributed by atoms with Gasteiger partial charge >= 0.3 is 0 Å². The molecule has 0 saturated heterocycles. The summed E-state index contributed by atoms with van der Waals surface area (Å²) in [7, 11) is 1.48. The number of methoxy groups -OCH3 is 1. The third kappa shape index (κ3) is 1.60. The molecule has 1 aromatic carbocycles. The molecule has 0 radical (unpaired) electrons. The summed E-state index contributed by atoms with van der Waals surface area (Å²) in [5.41, 5.74) is -1.01. The highest BCUT2D eigenvalue weighted by Gasteiger charge is 2.58. The first-order valence-electron chi connectivity index (χ1n) is 6.25. The largest absolute Gasteiger partial charge is 0.487 e. The lowest BCUT2D eigenvalue weighted by Gasteiger charge is -2.43. The fraction of sp³-hybridized carbons (Fsp3) is 0.333. The van der Waals surface area contributed by atoms with Gasteiger partial charge in [-0.1, -0.05) is 23.8 Å². The van der Waals surface area contributed by atoms with Gasteiger partial charge in [0.25, 0.3) is 0 Å². The first-order chi connectivity index (χ1) is 9.63. The van der Waals surface area contributed by atoms with Crippen LogP contribution in [0.25, 0.3) is 0 Å². The Balaban J connectivity index is 2.20. The van der Waals surface area contributed by atoms with Gasteiger partial charge in [-0.3, -0.25) is 4.79 Å². The summed E-state index contributed by atoms with van der Waals surface area (Å²) in [4.78, 5) is 12.9. The number of rotatable bonds is 1. The van der Waals surface area contributed by atoms with Crippen molar-refractivity contribution in [3.05, 3.63) is 40.9 Å². The zero-order chi connectivity index (χ0) is 14.3. The van der Waals surface area contributed by atoms with Crippen molar-refractivity contribution in [3.8, 4) is 11.8 Å². The molecule has 1 aliphatic heterocycles. The van der Waals surface area contributed by atoms with E-state index in [0.717, 1.165) is 0 Å². The lowest BCUT2D eigenvalue weighted by Crippen LogP contribution is -2.56. The van der Waals surface area contributed by atoms with Crippen molar-refractivity contribution in [2.75, 3.05) is 7.11 Å². The molecule has 0 aromatic heterocycles. The summed E-state index contributed by atoms with van der Waals surface area (Å²) in [5, 5.41) is 10.1. The molecule has 3 atom stereocenters. The van der Waals surface area contributed by atoms with Crippen molar-refractivity contribution in [2.45, 2.75) is 18.6 Å². The Morgan fingerprint density at radius 3 is 3.05 bits per heavy atom. The van der Waals surface area contributed by atoms with E-state index >= 15 is 0 Å². The van der Waals surface area contributed by atoms with Crippen molar-refractivity contribution in [2.24, 2.45) is 5.41 Å². The Hall–Kier alpha value is -1.83. The van der Waals surface area contributed by atoms with Crippen LogP contribution in [0, 0.1) is 16.7 Å². The zero-order valence-corrected chi connectivity index (χ0v) is 11.6. The van der Waals surface area contributed by atoms with E-state index in [2.05, 4.69) is 6.07 Å². The van der Waals surface area contributed by atoms with E-state index < -0.39 is 17.6 Å². The number of nitriles is 1. The SMILES string of the molecule is CO[C@@H]1C=CC[C@@H]2Oc3ccc(Cl)cc3C(=O)[C@@]21C#N. The second kappa shape index (κ2) is 4.62. The molecule has 0 amide bonds. The fourth-order valence-electron chi connectivity index (χ4n) is 2.87. The van der Waals surface area contributed by atoms with Gasteiger partial charge in [-0.05, 0) is 18.2 Å². The van der Waals surface area contributed by atoms with Crippen LogP contribution in [0.1, 0.15) is 16.8 Å². The highest BCUT2D eigenvalue weighted by molar-refractivity contribution is 6.31. The third-order valence-corrected chi connectivity index (χ3v) is 4.12. The average Bonchev–Trinajstić information content (AvgIpc) is 2.47. The van der Waals surface area contributed by atoms with Gasteiger partial charge in [-0.25, -0.2) is 0 Å². The van der Waals surface area contributed by atoms with Crippen molar-refractivity contribution in [1.82, 2.24) is 0 Å². The monoisotopic (exact) mass is 289 g/mol. The summed E-state index contributed by atoms with van der Waals surface area (Å²) in [6, 6.07) is 7.01. The summed E-state index contributed by atoms with van der Waals surface area (Å²) in [5.74, 6) is 0.186. The van der Waals surface area contributed by atoms with Crippen LogP contribution in [-0.4, -0.2) is 25.1 Å². The number of fused-ring (bicyclic) bond motifs is 2. The summed E-state index contributed by atoms with van der Waals surface area (Å²) >= 11 is 5.94. The summed E-state index contributed by atoms with van der Waals surface area (Å²) in [6.07, 6.45) is 2.97. The molecule has 0 bridgehead atoms. The minimum Gasteiger partial charge on any atom is -0.487 e. The van der Waals surface area contributed by atoms with E-state index in [4.69, 9.17) is 21.1 Å². The minimum absolute atomic E-state index is 0.287.